The minimum atomic E-state index is -4.64. The molecule has 1 aliphatic rings. The van der Waals surface area contributed by atoms with Gasteiger partial charge in [-0.1, -0.05) is 0 Å². The van der Waals surface area contributed by atoms with Crippen LogP contribution in [-0.4, -0.2) is 54.8 Å². The van der Waals surface area contributed by atoms with E-state index in [0.29, 0.717) is 0 Å². The van der Waals surface area contributed by atoms with Gasteiger partial charge in [0.05, 0.1) is 6.61 Å². The van der Waals surface area contributed by atoms with Crippen LogP contribution in [0.4, 0.5) is 0 Å². The summed E-state index contributed by atoms with van der Waals surface area (Å²) in [6.07, 6.45) is -2.95. The zero-order chi connectivity index (χ0) is 13.8. The molecule has 0 aliphatic carbocycles. The normalized spacial score (nSPS) is 20.5. The topological polar surface area (TPSA) is 188 Å². The van der Waals surface area contributed by atoms with Gasteiger partial charge in [-0.15, -0.1) is 0 Å². The number of hydrogen-bond donors (Lipinski definition) is 6. The standard InChI is InChI=1S/C6H8O6.Na.H3O4P/c7-1-2(8)5-3(9)4(10)6(11)12-5;;1-5(2,3)4/h2,5,7-10H,1H2;;(H3,1,2,3,4)/q;+1;/p-1/t2?,5-;;/m1../s1. The fraction of sp³-hybridized carbons (Fsp3) is 0.500. The Morgan fingerprint density at radius 1 is 1.39 bits per heavy atom. The van der Waals surface area contributed by atoms with E-state index < -0.39 is 44.1 Å². The summed E-state index contributed by atoms with van der Waals surface area (Å²) >= 11 is 0. The predicted octanol–water partition coefficient (Wildman–Crippen LogP) is -6.53. The van der Waals surface area contributed by atoms with Crippen molar-refractivity contribution in [3.63, 3.8) is 0 Å². The number of ether oxygens (including phenoxy) is 1. The molecule has 0 aromatic rings. The van der Waals surface area contributed by atoms with Gasteiger partial charge in [-0.05, 0) is 5.76 Å². The maximum Gasteiger partial charge on any atom is 1.00 e. The largest absolute Gasteiger partial charge is 1.00 e. The second-order valence-corrected chi connectivity index (χ2v) is 3.83. The summed E-state index contributed by atoms with van der Waals surface area (Å²) in [5.41, 5.74) is 0. The van der Waals surface area contributed by atoms with Gasteiger partial charge in [0, 0.05) is 0 Å². The second kappa shape index (κ2) is 8.10. The maximum absolute atomic E-state index is 10.8. The van der Waals surface area contributed by atoms with Crippen molar-refractivity contribution in [3.8, 4) is 0 Å². The van der Waals surface area contributed by atoms with E-state index in [9.17, 15) is 9.90 Å². The van der Waals surface area contributed by atoms with Gasteiger partial charge in [0.1, 0.15) is 12.2 Å². The minimum absolute atomic E-state index is 0. The second-order valence-electron chi connectivity index (χ2n) is 2.80. The van der Waals surface area contributed by atoms with E-state index in [2.05, 4.69) is 4.74 Å². The molecule has 18 heavy (non-hydrogen) atoms. The molecule has 0 bridgehead atoms. The summed E-state index contributed by atoms with van der Waals surface area (Å²) in [6, 6.07) is 0. The van der Waals surface area contributed by atoms with Crippen molar-refractivity contribution in [2.75, 3.05) is 6.61 Å². The van der Waals surface area contributed by atoms with Gasteiger partial charge in [-0.25, -0.2) is 9.36 Å². The molecule has 0 saturated heterocycles. The number of rotatable bonds is 2. The minimum Gasteiger partial charge on any atom is -0.870 e. The van der Waals surface area contributed by atoms with Crippen LogP contribution in [0, 0.1) is 0 Å². The van der Waals surface area contributed by atoms with Gasteiger partial charge in [-0.3, -0.25) is 0 Å². The Kier molecular flexibility index (Phi) is 9.07. The van der Waals surface area contributed by atoms with Gasteiger partial charge in [0.15, 0.2) is 5.76 Å². The average Bonchev–Trinajstić information content (AvgIpc) is 2.42. The molecular weight excluding hydrogens is 286 g/mol. The van der Waals surface area contributed by atoms with E-state index in [4.69, 9.17) is 34.6 Å². The van der Waals surface area contributed by atoms with Gasteiger partial charge < -0.3 is 39.8 Å². The first-order chi connectivity index (χ1) is 7.57. The molecule has 0 spiro atoms. The van der Waals surface area contributed by atoms with Crippen molar-refractivity contribution < 1.29 is 78.8 Å². The summed E-state index contributed by atoms with van der Waals surface area (Å²) in [4.78, 5) is 32.1. The van der Waals surface area contributed by atoms with E-state index in [1.165, 1.54) is 0 Å². The van der Waals surface area contributed by atoms with Gasteiger partial charge in [0.25, 0.3) is 0 Å². The monoisotopic (exact) mass is 296 g/mol. The van der Waals surface area contributed by atoms with Crippen LogP contribution in [0.3, 0.4) is 0 Å². The van der Waals surface area contributed by atoms with Crippen LogP contribution in [0.15, 0.2) is 11.5 Å². The van der Waals surface area contributed by atoms with E-state index in [-0.39, 0.29) is 29.6 Å². The van der Waals surface area contributed by atoms with Crippen LogP contribution in [0.2, 0.25) is 0 Å². The van der Waals surface area contributed by atoms with Gasteiger partial charge in [0.2, 0.25) is 0 Å². The summed E-state index contributed by atoms with van der Waals surface area (Å²) < 4.78 is 13.1. The molecule has 0 amide bonds. The zero-order valence-electron chi connectivity index (χ0n) is 9.13. The van der Waals surface area contributed by atoms with E-state index >= 15 is 0 Å². The molecular formula is C6H10NaO10P. The summed E-state index contributed by atoms with van der Waals surface area (Å²) in [5.74, 6) is -3.20. The number of aliphatic hydroxyl groups excluding tert-OH is 3. The molecule has 0 aromatic carbocycles. The Morgan fingerprint density at radius 3 is 2.00 bits per heavy atom. The molecule has 1 unspecified atom stereocenters. The molecule has 1 rings (SSSR count). The first-order valence-corrected chi connectivity index (χ1v) is 5.52. The van der Waals surface area contributed by atoms with Crippen molar-refractivity contribution >= 4 is 13.8 Å². The summed E-state index contributed by atoms with van der Waals surface area (Å²) in [6.45, 7) is -0.711. The van der Waals surface area contributed by atoms with Crippen molar-refractivity contribution in [2.45, 2.75) is 12.2 Å². The van der Waals surface area contributed by atoms with Crippen molar-refractivity contribution in [2.24, 2.45) is 0 Å². The van der Waals surface area contributed by atoms with Gasteiger partial charge >= 0.3 is 43.3 Å². The third-order valence-electron chi connectivity index (χ3n) is 1.46. The molecule has 0 fully saturated rings. The number of aliphatic hydroxyl groups is 3. The quantitative estimate of drug-likeness (QED) is 0.162. The van der Waals surface area contributed by atoms with E-state index in [1.54, 1.807) is 0 Å². The third kappa shape index (κ3) is 7.31. The molecule has 12 heteroatoms. The Hall–Kier alpha value is -0.160. The van der Waals surface area contributed by atoms with Crippen LogP contribution < -0.4 is 34.7 Å². The Balaban J connectivity index is 0. The van der Waals surface area contributed by atoms with Crippen LogP contribution >= 0.6 is 7.82 Å². The Morgan fingerprint density at radius 2 is 1.78 bits per heavy atom. The Labute approximate surface area is 123 Å². The van der Waals surface area contributed by atoms with E-state index in [0.717, 1.165) is 0 Å². The summed E-state index contributed by atoms with van der Waals surface area (Å²) in [7, 11) is -4.64. The smallest absolute Gasteiger partial charge is 0.870 e. The molecule has 2 atom stereocenters. The van der Waals surface area contributed by atoms with Crippen LogP contribution in [0.5, 0.6) is 0 Å². The first kappa shape index (κ1) is 20.2. The molecule has 0 radical (unpaired) electrons. The van der Waals surface area contributed by atoms with Crippen LogP contribution in [0.1, 0.15) is 0 Å². The zero-order valence-corrected chi connectivity index (χ0v) is 12.0. The van der Waals surface area contributed by atoms with Crippen LogP contribution in [-0.2, 0) is 14.1 Å². The number of carbonyl (C=O) groups excluding carboxylic acids is 1. The van der Waals surface area contributed by atoms with Crippen molar-refractivity contribution in [3.05, 3.63) is 11.5 Å². The Bertz CT molecular complexity index is 353. The molecule has 6 N–H and O–H groups in total. The molecule has 1 heterocycles. The van der Waals surface area contributed by atoms with Crippen molar-refractivity contribution in [1.29, 1.82) is 0 Å². The number of esters is 1. The molecule has 10 nitrogen and oxygen atoms in total. The number of cyclic esters (lactones) is 1. The fourth-order valence-electron chi connectivity index (χ4n) is 0.809. The molecule has 1 aliphatic heterocycles. The summed E-state index contributed by atoms with van der Waals surface area (Å²) in [5, 5.41) is 36.8. The predicted molar refractivity (Wildman–Crippen MR) is 46.9 cm³/mol. The van der Waals surface area contributed by atoms with Gasteiger partial charge in [-0.2, -0.15) is 0 Å². The molecule has 0 saturated carbocycles. The first-order valence-electron chi connectivity index (χ1n) is 3.96. The third-order valence-corrected chi connectivity index (χ3v) is 1.46. The molecule has 0 aromatic heterocycles. The average molecular weight is 296 g/mol. The SMILES string of the molecule is O=C1O[C@H](C(O)CO)C([O-])=C1O.O=P(O)(O)O.[Na+]. The van der Waals surface area contributed by atoms with Crippen molar-refractivity contribution in [1.82, 2.24) is 0 Å². The maximum atomic E-state index is 10.8. The number of carbonyl (C=O) groups is 1. The van der Waals surface area contributed by atoms with E-state index in [1.807, 2.05) is 0 Å². The van der Waals surface area contributed by atoms with Crippen LogP contribution in [0.25, 0.3) is 0 Å². The molecule has 100 valence electrons. The fourth-order valence-corrected chi connectivity index (χ4v) is 0.809. The number of hydrogen-bond acceptors (Lipinski definition) is 7. The number of phosphoric acid groups is 1.